The van der Waals surface area contributed by atoms with Crippen molar-refractivity contribution in [3.63, 3.8) is 0 Å². The van der Waals surface area contributed by atoms with Crippen molar-refractivity contribution in [3.8, 4) is 0 Å². The van der Waals surface area contributed by atoms with Gasteiger partial charge in [0.2, 0.25) is 5.01 Å². The van der Waals surface area contributed by atoms with Crippen LogP contribution >= 0.6 is 23.1 Å². The summed E-state index contributed by atoms with van der Waals surface area (Å²) in [5, 5.41) is 2.58. The molecular formula is C26H25N2S2Y2-. The van der Waals surface area contributed by atoms with Crippen LogP contribution in [-0.2, 0) is 72.5 Å². The minimum atomic E-state index is 0. The monoisotopic (exact) mass is 607 g/mol. The molecule has 2 aromatic carbocycles. The van der Waals surface area contributed by atoms with Crippen LogP contribution in [-0.4, -0.2) is 7.05 Å². The number of fused-ring (bicyclic) bond motifs is 2. The van der Waals surface area contributed by atoms with Crippen molar-refractivity contribution in [2.75, 3.05) is 11.9 Å². The van der Waals surface area contributed by atoms with E-state index in [0.29, 0.717) is 0 Å². The summed E-state index contributed by atoms with van der Waals surface area (Å²) in [7, 11) is 4.31. The maximum atomic E-state index is 3.20. The third kappa shape index (κ3) is 5.42. The zero-order valence-electron chi connectivity index (χ0n) is 19.0. The normalized spacial score (nSPS) is 19.5. The fraction of sp³-hybridized carbons (Fsp3) is 0.269. The van der Waals surface area contributed by atoms with Gasteiger partial charge in [-0.1, -0.05) is 36.6 Å². The van der Waals surface area contributed by atoms with E-state index in [1.54, 1.807) is 0 Å². The van der Waals surface area contributed by atoms with Crippen molar-refractivity contribution in [1.82, 2.24) is 0 Å². The van der Waals surface area contributed by atoms with E-state index in [1.807, 2.05) is 35.2 Å². The molecule has 0 amide bonds. The number of allylic oxidation sites excluding steroid dienone is 4. The van der Waals surface area contributed by atoms with Crippen LogP contribution in [0.15, 0.2) is 69.6 Å². The van der Waals surface area contributed by atoms with E-state index in [-0.39, 0.29) is 70.8 Å². The van der Waals surface area contributed by atoms with Crippen molar-refractivity contribution in [3.05, 3.63) is 81.9 Å². The Morgan fingerprint density at radius 1 is 1.06 bits per heavy atom. The Bertz CT molecular complexity index is 1240. The van der Waals surface area contributed by atoms with Gasteiger partial charge in [0.15, 0.2) is 0 Å². The number of hydrogen-bond acceptors (Lipinski definition) is 3. The first kappa shape index (κ1) is 26.5. The van der Waals surface area contributed by atoms with Gasteiger partial charge in [-0.25, -0.2) is 4.57 Å². The fourth-order valence-electron chi connectivity index (χ4n) is 4.39. The van der Waals surface area contributed by atoms with Crippen LogP contribution in [0.25, 0.3) is 16.3 Å². The van der Waals surface area contributed by atoms with Crippen LogP contribution in [0.4, 0.5) is 5.69 Å². The van der Waals surface area contributed by atoms with Gasteiger partial charge in [-0.2, -0.15) is 36.4 Å². The van der Waals surface area contributed by atoms with Crippen LogP contribution in [0.5, 0.6) is 0 Å². The van der Waals surface area contributed by atoms with E-state index >= 15 is 0 Å². The molecule has 0 saturated heterocycles. The molecule has 2 radical (unpaired) electrons. The smallest absolute Gasteiger partial charge is 0.248 e. The number of benzene rings is 2. The Morgan fingerprint density at radius 2 is 1.81 bits per heavy atom. The summed E-state index contributed by atoms with van der Waals surface area (Å²) in [6, 6.07) is 18.8. The topological polar surface area (TPSA) is 7.12 Å². The molecule has 158 valence electrons. The average Bonchev–Trinajstić information content (AvgIpc) is 3.18. The van der Waals surface area contributed by atoms with Gasteiger partial charge < -0.3 is 4.90 Å². The SMILES string of the molecule is CN1/C(=C/C2=CC(=C/c3sc4c[c-]ccc4[n+]3C)/CC(C)(C)C2)Sc2c[c-]ccc21.[Y].[Y]. The third-order valence-corrected chi connectivity index (χ3v) is 8.07. The van der Waals surface area contributed by atoms with Gasteiger partial charge in [0, 0.05) is 78.5 Å². The van der Waals surface area contributed by atoms with Gasteiger partial charge >= 0.3 is 0 Å². The molecule has 0 atom stereocenters. The van der Waals surface area contributed by atoms with Crippen LogP contribution in [0, 0.1) is 17.5 Å². The maximum absolute atomic E-state index is 3.20. The fourth-order valence-corrected chi connectivity index (χ4v) is 6.61. The Kier molecular flexibility index (Phi) is 8.84. The molecule has 2 aliphatic rings. The molecule has 0 unspecified atom stereocenters. The largest absolute Gasteiger partial charge is 0.362 e. The Labute approximate surface area is 250 Å². The average molecular weight is 607 g/mol. The quantitative estimate of drug-likeness (QED) is 0.242. The predicted octanol–water partition coefficient (Wildman–Crippen LogP) is 6.53. The number of thiazole rings is 1. The molecular weight excluding hydrogens is 582 g/mol. The molecule has 1 aromatic heterocycles. The maximum Gasteiger partial charge on any atom is 0.248 e. The Morgan fingerprint density at radius 3 is 2.56 bits per heavy atom. The first-order valence-corrected chi connectivity index (χ1v) is 11.9. The van der Waals surface area contributed by atoms with E-state index in [0.717, 1.165) is 12.8 Å². The number of thioether (sulfide) groups is 1. The number of nitrogens with zero attached hydrogens (tertiary/aromatic N) is 2. The van der Waals surface area contributed by atoms with Gasteiger partial charge in [-0.15, -0.1) is 29.2 Å². The van der Waals surface area contributed by atoms with Crippen LogP contribution < -0.4 is 9.47 Å². The molecule has 2 nitrogen and oxygen atoms in total. The summed E-state index contributed by atoms with van der Waals surface area (Å²) in [5.41, 5.74) is 5.59. The van der Waals surface area contributed by atoms with E-state index in [9.17, 15) is 0 Å². The zero-order chi connectivity index (χ0) is 20.9. The van der Waals surface area contributed by atoms with Crippen molar-refractivity contribution in [1.29, 1.82) is 0 Å². The van der Waals surface area contributed by atoms with E-state index in [1.165, 1.54) is 42.0 Å². The molecule has 0 bridgehead atoms. The standard InChI is InChI=1S/C26H25N2S2.2Y/c1-26(2)16-18(14-24-27(3)20-9-5-7-11-22(20)29-24)13-19(17-26)15-25-28(4)21-10-6-8-12-23(21)30-25;;/h5-6,9-15H,16-17H2,1-4H3;;/q-1;;. The summed E-state index contributed by atoms with van der Waals surface area (Å²) in [6.07, 6.45) is 9.34. The molecule has 0 fully saturated rings. The minimum Gasteiger partial charge on any atom is -0.362 e. The van der Waals surface area contributed by atoms with E-state index in [4.69, 9.17) is 0 Å². The number of aromatic nitrogens is 1. The van der Waals surface area contributed by atoms with E-state index in [2.05, 4.69) is 92.0 Å². The van der Waals surface area contributed by atoms with Gasteiger partial charge in [-0.05, 0) is 40.2 Å². The molecule has 0 spiro atoms. The summed E-state index contributed by atoms with van der Waals surface area (Å²) in [5.74, 6) is 0. The van der Waals surface area contributed by atoms with Gasteiger partial charge in [0.1, 0.15) is 12.6 Å². The second-order valence-electron chi connectivity index (χ2n) is 8.89. The second kappa shape index (κ2) is 10.7. The number of aryl methyl sites for hydroxylation is 1. The summed E-state index contributed by atoms with van der Waals surface area (Å²) < 4.78 is 3.58. The van der Waals surface area contributed by atoms with Crippen LogP contribution in [0.3, 0.4) is 0 Å². The van der Waals surface area contributed by atoms with Gasteiger partial charge in [-0.3, -0.25) is 0 Å². The van der Waals surface area contributed by atoms with Crippen molar-refractivity contribution in [2.45, 2.75) is 31.6 Å². The van der Waals surface area contributed by atoms with Crippen LogP contribution in [0.1, 0.15) is 31.7 Å². The Hall–Kier alpha value is -0.0922. The molecule has 2 heterocycles. The number of hydrogen-bond donors (Lipinski definition) is 0. The molecule has 6 heteroatoms. The third-order valence-electron chi connectivity index (χ3n) is 5.78. The molecule has 3 aromatic rings. The minimum absolute atomic E-state index is 0. The first-order valence-electron chi connectivity index (χ1n) is 10.2. The molecule has 1 aliphatic heterocycles. The molecule has 32 heavy (non-hydrogen) atoms. The van der Waals surface area contributed by atoms with E-state index < -0.39 is 0 Å². The molecule has 0 N–H and O–H groups in total. The van der Waals surface area contributed by atoms with Crippen LogP contribution in [0.2, 0.25) is 0 Å². The number of anilines is 1. The van der Waals surface area contributed by atoms with Gasteiger partial charge in [0.05, 0.1) is 5.03 Å². The predicted molar refractivity (Wildman–Crippen MR) is 129 cm³/mol. The van der Waals surface area contributed by atoms with Crippen molar-refractivity contribution >= 4 is 45.1 Å². The number of rotatable bonds is 2. The summed E-state index contributed by atoms with van der Waals surface area (Å²) >= 11 is 3.68. The molecule has 5 rings (SSSR count). The summed E-state index contributed by atoms with van der Waals surface area (Å²) in [6.45, 7) is 4.75. The first-order chi connectivity index (χ1) is 14.4. The second-order valence-corrected chi connectivity index (χ2v) is 11.0. The van der Waals surface area contributed by atoms with Gasteiger partial charge in [0.25, 0.3) is 0 Å². The van der Waals surface area contributed by atoms with Crippen molar-refractivity contribution < 1.29 is 70.0 Å². The molecule has 1 aliphatic carbocycles. The zero-order valence-corrected chi connectivity index (χ0v) is 26.3. The van der Waals surface area contributed by atoms with Crippen molar-refractivity contribution in [2.24, 2.45) is 12.5 Å². The molecule has 0 saturated carbocycles. The Balaban J connectivity index is 0.00000144. The summed E-state index contributed by atoms with van der Waals surface area (Å²) in [4.78, 5) is 3.58.